The van der Waals surface area contributed by atoms with Crippen LogP contribution in [-0.4, -0.2) is 11.1 Å². The summed E-state index contributed by atoms with van der Waals surface area (Å²) in [6.07, 6.45) is 9.17. The van der Waals surface area contributed by atoms with Crippen LogP contribution in [0.5, 0.6) is 0 Å². The van der Waals surface area contributed by atoms with E-state index >= 15 is 0 Å². The monoisotopic (exact) mass is 162 g/mol. The molecule has 0 aromatic carbocycles. The third kappa shape index (κ3) is 8.25. The average molecular weight is 162 g/mol. The minimum absolute atomic E-state index is 0.957. The van der Waals surface area contributed by atoms with Crippen molar-refractivity contribution >= 4 is 5.97 Å². The molecule has 2 heteroatoms. The first-order chi connectivity index (χ1) is 5.77. The Kier molecular flexibility index (Phi) is 6.29. The van der Waals surface area contributed by atoms with Crippen LogP contribution in [0.25, 0.3) is 0 Å². The molecule has 0 unspecified atom stereocenters. The van der Waals surface area contributed by atoms with Crippen LogP contribution in [0, 0.1) is 11.8 Å². The number of rotatable bonds is 2. The fraction of sp³-hybridized carbons (Fsp3) is 0.100. The minimum atomic E-state index is -0.957. The summed E-state index contributed by atoms with van der Waals surface area (Å²) in [5, 5.41) is 8.19. The van der Waals surface area contributed by atoms with Gasteiger partial charge in [-0.1, -0.05) is 30.1 Å². The van der Waals surface area contributed by atoms with Crippen LogP contribution in [0.3, 0.4) is 0 Å². The largest absolute Gasteiger partial charge is 0.478 e. The Bertz CT molecular complexity index is 272. The Morgan fingerprint density at radius 3 is 2.50 bits per heavy atom. The highest BCUT2D eigenvalue weighted by Crippen LogP contribution is 1.76. The maximum absolute atomic E-state index is 9.97. The van der Waals surface area contributed by atoms with Gasteiger partial charge >= 0.3 is 5.97 Å². The molecule has 2 nitrogen and oxygen atoms in total. The van der Waals surface area contributed by atoms with Gasteiger partial charge in [-0.25, -0.2) is 4.79 Å². The highest BCUT2D eigenvalue weighted by Gasteiger charge is 1.78. The number of aliphatic carboxylic acids is 1. The van der Waals surface area contributed by atoms with Crippen LogP contribution >= 0.6 is 0 Å². The fourth-order valence-electron chi connectivity index (χ4n) is 0.421. The highest BCUT2D eigenvalue weighted by atomic mass is 16.4. The maximum atomic E-state index is 9.97. The summed E-state index contributed by atoms with van der Waals surface area (Å²) in [4.78, 5) is 9.97. The Morgan fingerprint density at radius 1 is 1.25 bits per heavy atom. The fourth-order valence-corrected chi connectivity index (χ4v) is 0.421. The molecule has 0 aromatic heterocycles. The SMILES string of the molecule is CC=CC#CC=CC=CC(=O)O. The molecule has 0 aliphatic carbocycles. The van der Waals surface area contributed by atoms with Gasteiger partial charge in [0, 0.05) is 6.08 Å². The van der Waals surface area contributed by atoms with Crippen molar-refractivity contribution in [3.05, 3.63) is 36.5 Å². The van der Waals surface area contributed by atoms with Gasteiger partial charge in [0.15, 0.2) is 0 Å². The van der Waals surface area contributed by atoms with Crippen LogP contribution in [0.2, 0.25) is 0 Å². The van der Waals surface area contributed by atoms with Gasteiger partial charge in [0.1, 0.15) is 0 Å². The summed E-state index contributed by atoms with van der Waals surface area (Å²) in [5.74, 6) is 4.47. The number of hydrogen-bond donors (Lipinski definition) is 1. The second-order valence-corrected chi connectivity index (χ2v) is 1.85. The van der Waals surface area contributed by atoms with Gasteiger partial charge in [-0.05, 0) is 19.1 Å². The van der Waals surface area contributed by atoms with Crippen LogP contribution < -0.4 is 0 Å². The summed E-state index contributed by atoms with van der Waals surface area (Å²) in [6.45, 7) is 1.88. The molecule has 0 radical (unpaired) electrons. The van der Waals surface area contributed by atoms with Gasteiger partial charge in [-0.15, -0.1) is 0 Å². The van der Waals surface area contributed by atoms with E-state index in [1.54, 1.807) is 18.2 Å². The van der Waals surface area contributed by atoms with Crippen molar-refractivity contribution in [1.82, 2.24) is 0 Å². The van der Waals surface area contributed by atoms with Crippen molar-refractivity contribution in [1.29, 1.82) is 0 Å². The lowest BCUT2D eigenvalue weighted by Gasteiger charge is -1.72. The number of carbonyl (C=O) groups is 1. The smallest absolute Gasteiger partial charge is 0.328 e. The summed E-state index contributed by atoms with van der Waals surface area (Å²) < 4.78 is 0. The molecular weight excluding hydrogens is 152 g/mol. The maximum Gasteiger partial charge on any atom is 0.328 e. The van der Waals surface area contributed by atoms with E-state index in [-0.39, 0.29) is 0 Å². The van der Waals surface area contributed by atoms with Crippen LogP contribution in [0.1, 0.15) is 6.92 Å². The molecule has 0 fully saturated rings. The first-order valence-electron chi connectivity index (χ1n) is 3.45. The van der Waals surface area contributed by atoms with Crippen molar-refractivity contribution in [2.75, 3.05) is 0 Å². The predicted octanol–water partition coefficient (Wildman–Crippen LogP) is 1.76. The summed E-state index contributed by atoms with van der Waals surface area (Å²) in [5.41, 5.74) is 0. The van der Waals surface area contributed by atoms with Crippen molar-refractivity contribution in [3.63, 3.8) is 0 Å². The van der Waals surface area contributed by atoms with Crippen LogP contribution in [0.15, 0.2) is 36.5 Å². The minimum Gasteiger partial charge on any atom is -0.478 e. The number of carboxylic acids is 1. The molecule has 0 atom stereocenters. The third-order valence-corrected chi connectivity index (χ3v) is 0.863. The molecule has 0 aliphatic rings. The molecule has 0 heterocycles. The number of hydrogen-bond acceptors (Lipinski definition) is 1. The molecule has 0 bridgehead atoms. The summed E-state index contributed by atoms with van der Waals surface area (Å²) in [7, 11) is 0. The molecule has 0 saturated heterocycles. The topological polar surface area (TPSA) is 37.3 Å². The van der Waals surface area contributed by atoms with Gasteiger partial charge in [0.05, 0.1) is 0 Å². The Morgan fingerprint density at radius 2 is 1.92 bits per heavy atom. The van der Waals surface area contributed by atoms with Gasteiger partial charge in [0.25, 0.3) is 0 Å². The Labute approximate surface area is 71.9 Å². The van der Waals surface area contributed by atoms with E-state index in [1.165, 1.54) is 6.08 Å². The highest BCUT2D eigenvalue weighted by molar-refractivity contribution is 5.80. The standard InChI is InChI=1S/C10H10O2/c1-2-3-4-5-6-7-8-9-10(11)12/h2-3,6-9H,1H3,(H,11,12). The predicted molar refractivity (Wildman–Crippen MR) is 48.5 cm³/mol. The van der Waals surface area contributed by atoms with E-state index in [1.807, 2.05) is 13.0 Å². The number of carboxylic acid groups (broad SMARTS) is 1. The molecule has 0 saturated carbocycles. The normalized spacial score (nSPS) is 10.8. The molecule has 62 valence electrons. The lowest BCUT2D eigenvalue weighted by molar-refractivity contribution is -0.131. The van der Waals surface area contributed by atoms with E-state index in [0.717, 1.165) is 6.08 Å². The van der Waals surface area contributed by atoms with Gasteiger partial charge in [0.2, 0.25) is 0 Å². The molecule has 0 rings (SSSR count). The van der Waals surface area contributed by atoms with E-state index in [4.69, 9.17) is 5.11 Å². The second kappa shape index (κ2) is 7.36. The van der Waals surface area contributed by atoms with Crippen molar-refractivity contribution in [2.24, 2.45) is 0 Å². The zero-order valence-electron chi connectivity index (χ0n) is 6.82. The molecular formula is C10H10O2. The first-order valence-corrected chi connectivity index (χ1v) is 3.45. The molecule has 12 heavy (non-hydrogen) atoms. The summed E-state index contributed by atoms with van der Waals surface area (Å²) >= 11 is 0. The molecule has 0 aromatic rings. The quantitative estimate of drug-likeness (QED) is 0.381. The van der Waals surface area contributed by atoms with Crippen molar-refractivity contribution in [3.8, 4) is 11.8 Å². The van der Waals surface area contributed by atoms with Crippen molar-refractivity contribution in [2.45, 2.75) is 6.92 Å². The lowest BCUT2D eigenvalue weighted by atomic mass is 10.4. The number of allylic oxidation sites excluding steroid dienone is 5. The van der Waals surface area contributed by atoms with Gasteiger partial charge in [-0.2, -0.15) is 0 Å². The van der Waals surface area contributed by atoms with Gasteiger partial charge in [-0.3, -0.25) is 0 Å². The first kappa shape index (κ1) is 10.2. The van der Waals surface area contributed by atoms with E-state index in [0.29, 0.717) is 0 Å². The average Bonchev–Trinajstić information content (AvgIpc) is 2.02. The molecule has 0 amide bonds. The second-order valence-electron chi connectivity index (χ2n) is 1.85. The summed E-state index contributed by atoms with van der Waals surface area (Å²) in [6, 6.07) is 0. The molecule has 1 N–H and O–H groups in total. The van der Waals surface area contributed by atoms with E-state index in [9.17, 15) is 4.79 Å². The Balaban J connectivity index is 3.80. The molecule has 0 aliphatic heterocycles. The van der Waals surface area contributed by atoms with E-state index < -0.39 is 5.97 Å². The van der Waals surface area contributed by atoms with Gasteiger partial charge < -0.3 is 5.11 Å². The van der Waals surface area contributed by atoms with Crippen LogP contribution in [-0.2, 0) is 4.79 Å². The zero-order valence-corrected chi connectivity index (χ0v) is 6.82. The molecule has 0 spiro atoms. The lowest BCUT2D eigenvalue weighted by Crippen LogP contribution is -1.84. The Hall–Kier alpha value is -1.75. The third-order valence-electron chi connectivity index (χ3n) is 0.863. The zero-order chi connectivity index (χ0) is 9.23. The van der Waals surface area contributed by atoms with Crippen LogP contribution in [0.4, 0.5) is 0 Å². The van der Waals surface area contributed by atoms with E-state index in [2.05, 4.69) is 11.8 Å². The van der Waals surface area contributed by atoms with Crippen molar-refractivity contribution < 1.29 is 9.90 Å².